The lowest BCUT2D eigenvalue weighted by Crippen LogP contribution is -2.27. The first-order valence-electron chi connectivity index (χ1n) is 5.55. The summed E-state index contributed by atoms with van der Waals surface area (Å²) in [5, 5.41) is 36.0. The van der Waals surface area contributed by atoms with Gasteiger partial charge in [0.15, 0.2) is 0 Å². The van der Waals surface area contributed by atoms with Crippen molar-refractivity contribution in [2.24, 2.45) is 5.14 Å². The van der Waals surface area contributed by atoms with Crippen LogP contribution in [0.1, 0.15) is 6.42 Å². The Morgan fingerprint density at radius 2 is 2.10 bits per heavy atom. The zero-order valence-corrected chi connectivity index (χ0v) is 11.4. The highest BCUT2D eigenvalue weighted by Gasteiger charge is 2.21. The quantitative estimate of drug-likeness (QED) is 0.384. The van der Waals surface area contributed by atoms with Gasteiger partial charge in [-0.3, -0.25) is 14.9 Å². The number of aliphatic carboxylic acids is 1. The second-order valence-electron chi connectivity index (χ2n) is 4.10. The van der Waals surface area contributed by atoms with Crippen LogP contribution in [-0.2, 0) is 14.8 Å². The number of hydrogen-bond acceptors (Lipinski definition) is 7. The predicted molar refractivity (Wildman–Crippen MR) is 71.2 cm³/mol. The number of hydrogen-bond donors (Lipinski definition) is 4. The van der Waals surface area contributed by atoms with Crippen molar-refractivity contribution in [1.29, 1.82) is 0 Å². The van der Waals surface area contributed by atoms with Crippen LogP contribution in [0.5, 0.6) is 0 Å². The summed E-state index contributed by atoms with van der Waals surface area (Å²) in [5.41, 5.74) is -0.710. The standard InChI is InChI=1S/C10H13N3O7S/c11-21(19,20)7-1-2-8(9(4-7)13(17)18)12-6(5-14)3-10(15)16/h1-2,4,6,12,14H,3,5H2,(H,15,16)(H2,11,19,20). The molecular formula is C10H13N3O7S. The second kappa shape index (κ2) is 6.47. The van der Waals surface area contributed by atoms with Crippen LogP contribution < -0.4 is 10.5 Å². The van der Waals surface area contributed by atoms with Crippen molar-refractivity contribution in [3.05, 3.63) is 28.3 Å². The Morgan fingerprint density at radius 1 is 1.48 bits per heavy atom. The summed E-state index contributed by atoms with van der Waals surface area (Å²) in [6.45, 7) is -0.569. The highest BCUT2D eigenvalue weighted by molar-refractivity contribution is 7.89. The molecule has 1 atom stereocenters. The second-order valence-corrected chi connectivity index (χ2v) is 5.66. The van der Waals surface area contributed by atoms with Crippen LogP contribution in [0.4, 0.5) is 11.4 Å². The smallest absolute Gasteiger partial charge is 0.305 e. The average molecular weight is 319 g/mol. The first-order valence-corrected chi connectivity index (χ1v) is 7.10. The maximum absolute atomic E-state index is 11.2. The fourth-order valence-corrected chi connectivity index (χ4v) is 2.09. The first kappa shape index (κ1) is 16.8. The Labute approximate surface area is 119 Å². The maximum atomic E-state index is 11.2. The molecule has 1 unspecified atom stereocenters. The number of nitrogens with one attached hydrogen (secondary N) is 1. The maximum Gasteiger partial charge on any atom is 0.305 e. The lowest BCUT2D eigenvalue weighted by Gasteiger charge is -2.15. The molecule has 11 heteroatoms. The van der Waals surface area contributed by atoms with E-state index >= 15 is 0 Å². The van der Waals surface area contributed by atoms with Crippen LogP contribution in [-0.4, -0.2) is 42.2 Å². The molecule has 0 aliphatic heterocycles. The molecule has 0 fully saturated rings. The van der Waals surface area contributed by atoms with Crippen LogP contribution in [0.15, 0.2) is 23.1 Å². The van der Waals surface area contributed by atoms with Gasteiger partial charge < -0.3 is 15.5 Å². The fraction of sp³-hybridized carbons (Fsp3) is 0.300. The Hall–Kier alpha value is -2.24. The summed E-state index contributed by atoms with van der Waals surface area (Å²) in [6, 6.07) is 1.93. The number of carboxylic acids is 1. The third kappa shape index (κ3) is 4.66. The predicted octanol–water partition coefficient (Wildman–Crippen LogP) is -0.510. The lowest BCUT2D eigenvalue weighted by molar-refractivity contribution is -0.384. The average Bonchev–Trinajstić information content (AvgIpc) is 2.36. The number of nitro benzene ring substituents is 1. The van der Waals surface area contributed by atoms with Gasteiger partial charge in [0.05, 0.1) is 28.9 Å². The van der Waals surface area contributed by atoms with Gasteiger partial charge in [0.2, 0.25) is 10.0 Å². The first-order chi connectivity index (χ1) is 9.65. The van der Waals surface area contributed by atoms with Crippen molar-refractivity contribution >= 4 is 27.4 Å². The summed E-state index contributed by atoms with van der Waals surface area (Å²) in [6.07, 6.45) is -0.468. The number of aliphatic hydroxyl groups is 1. The SMILES string of the molecule is NS(=O)(=O)c1ccc(NC(CO)CC(=O)O)c([N+](=O)[O-])c1. The highest BCUT2D eigenvalue weighted by atomic mass is 32.2. The van der Waals surface area contributed by atoms with E-state index in [0.717, 1.165) is 18.2 Å². The minimum Gasteiger partial charge on any atom is -0.481 e. The Bertz CT molecular complexity index is 659. The highest BCUT2D eigenvalue weighted by Crippen LogP contribution is 2.28. The molecule has 0 bridgehead atoms. The monoisotopic (exact) mass is 319 g/mol. The summed E-state index contributed by atoms with van der Waals surface area (Å²) in [4.78, 5) is 20.2. The van der Waals surface area contributed by atoms with Crippen LogP contribution in [0.2, 0.25) is 0 Å². The van der Waals surface area contributed by atoms with Gasteiger partial charge >= 0.3 is 5.97 Å². The third-order valence-corrected chi connectivity index (χ3v) is 3.41. The number of rotatable bonds is 7. The fourth-order valence-electron chi connectivity index (χ4n) is 1.55. The number of carboxylic acid groups (broad SMARTS) is 1. The van der Waals surface area contributed by atoms with Crippen molar-refractivity contribution in [3.8, 4) is 0 Å². The minimum absolute atomic E-state index is 0.118. The van der Waals surface area contributed by atoms with Gasteiger partial charge in [0.1, 0.15) is 5.69 Å². The molecule has 5 N–H and O–H groups in total. The Balaban J connectivity index is 3.18. The molecule has 0 amide bonds. The Morgan fingerprint density at radius 3 is 2.52 bits per heavy atom. The van der Waals surface area contributed by atoms with Crippen LogP contribution in [0, 0.1) is 10.1 Å². The van der Waals surface area contributed by atoms with E-state index in [4.69, 9.17) is 15.4 Å². The van der Waals surface area contributed by atoms with Gasteiger partial charge in [-0.05, 0) is 12.1 Å². The molecule has 21 heavy (non-hydrogen) atoms. The summed E-state index contributed by atoms with van der Waals surface area (Å²) >= 11 is 0. The van der Waals surface area contributed by atoms with Crippen molar-refractivity contribution in [2.75, 3.05) is 11.9 Å². The van der Waals surface area contributed by atoms with Crippen molar-refractivity contribution in [2.45, 2.75) is 17.4 Å². The molecule has 0 aliphatic rings. The van der Waals surface area contributed by atoms with Gasteiger partial charge in [-0.1, -0.05) is 0 Å². The summed E-state index contributed by atoms with van der Waals surface area (Å²) in [7, 11) is -4.10. The number of nitrogens with two attached hydrogens (primary N) is 1. The molecule has 1 aromatic carbocycles. The van der Waals surface area contributed by atoms with E-state index in [2.05, 4.69) is 5.32 Å². The number of primary sulfonamides is 1. The molecule has 1 aromatic rings. The Kier molecular flexibility index (Phi) is 5.18. The largest absolute Gasteiger partial charge is 0.481 e. The van der Waals surface area contributed by atoms with E-state index in [-0.39, 0.29) is 5.69 Å². The van der Waals surface area contributed by atoms with Crippen molar-refractivity contribution in [3.63, 3.8) is 0 Å². The normalized spacial score (nSPS) is 12.7. The minimum atomic E-state index is -4.10. The number of sulfonamides is 1. The van der Waals surface area contributed by atoms with Crippen LogP contribution >= 0.6 is 0 Å². The number of nitrogens with zero attached hydrogens (tertiary/aromatic N) is 1. The molecule has 10 nitrogen and oxygen atoms in total. The van der Waals surface area contributed by atoms with E-state index in [1.54, 1.807) is 0 Å². The van der Waals surface area contributed by atoms with E-state index in [9.17, 15) is 23.3 Å². The molecular weight excluding hydrogens is 306 g/mol. The molecule has 116 valence electrons. The van der Waals surface area contributed by atoms with Crippen molar-refractivity contribution in [1.82, 2.24) is 0 Å². The number of anilines is 1. The van der Waals surface area contributed by atoms with E-state index < -0.39 is 50.6 Å². The molecule has 0 saturated heterocycles. The summed E-state index contributed by atoms with van der Waals surface area (Å²) in [5.74, 6) is -1.20. The molecule has 0 spiro atoms. The number of aliphatic hydroxyl groups excluding tert-OH is 1. The molecule has 0 saturated carbocycles. The zero-order chi connectivity index (χ0) is 16.2. The van der Waals surface area contributed by atoms with Gasteiger partial charge in [-0.2, -0.15) is 0 Å². The number of nitro groups is 1. The molecule has 0 heterocycles. The topological polar surface area (TPSA) is 173 Å². The molecule has 0 aliphatic carbocycles. The molecule has 0 aromatic heterocycles. The number of carbonyl (C=O) groups is 1. The van der Waals surface area contributed by atoms with Crippen LogP contribution in [0.25, 0.3) is 0 Å². The zero-order valence-electron chi connectivity index (χ0n) is 10.6. The van der Waals surface area contributed by atoms with Crippen LogP contribution in [0.3, 0.4) is 0 Å². The van der Waals surface area contributed by atoms with Gasteiger partial charge in [0, 0.05) is 6.07 Å². The lowest BCUT2D eigenvalue weighted by atomic mass is 10.2. The van der Waals surface area contributed by atoms with Gasteiger partial charge in [0.25, 0.3) is 5.69 Å². The summed E-state index contributed by atoms with van der Waals surface area (Å²) < 4.78 is 22.3. The van der Waals surface area contributed by atoms with Gasteiger partial charge in [-0.15, -0.1) is 0 Å². The number of benzene rings is 1. The molecule has 1 rings (SSSR count). The van der Waals surface area contributed by atoms with E-state index in [0.29, 0.717) is 0 Å². The van der Waals surface area contributed by atoms with Crippen molar-refractivity contribution < 1.29 is 28.3 Å². The van der Waals surface area contributed by atoms with Gasteiger partial charge in [-0.25, -0.2) is 13.6 Å². The van der Waals surface area contributed by atoms with E-state index in [1.807, 2.05) is 0 Å². The molecule has 0 radical (unpaired) electrons. The van der Waals surface area contributed by atoms with E-state index in [1.165, 1.54) is 0 Å². The third-order valence-electron chi connectivity index (χ3n) is 2.50.